The maximum atomic E-state index is 12.9. The maximum absolute atomic E-state index is 12.9. The molecule has 2 heterocycles. The lowest BCUT2D eigenvalue weighted by Gasteiger charge is -2.35. The molecule has 2 aliphatic rings. The molecule has 0 unspecified atom stereocenters. The molecule has 0 radical (unpaired) electrons. The summed E-state index contributed by atoms with van der Waals surface area (Å²) in [6, 6.07) is 6.31. The molecule has 0 N–H and O–H groups in total. The van der Waals surface area contributed by atoms with Crippen molar-refractivity contribution in [2.24, 2.45) is 5.92 Å². The lowest BCUT2D eigenvalue weighted by atomic mass is 9.94. The van der Waals surface area contributed by atoms with Gasteiger partial charge in [0.2, 0.25) is 11.8 Å². The first-order valence-corrected chi connectivity index (χ1v) is 9.44. The van der Waals surface area contributed by atoms with Gasteiger partial charge in [0.05, 0.1) is 0 Å². The van der Waals surface area contributed by atoms with Gasteiger partial charge in [-0.3, -0.25) is 9.59 Å². The number of hydrogen-bond donors (Lipinski definition) is 0. The van der Waals surface area contributed by atoms with Crippen molar-refractivity contribution in [3.8, 4) is 0 Å². The molecular formula is C20H27FN2O2. The van der Waals surface area contributed by atoms with E-state index in [4.69, 9.17) is 0 Å². The second-order valence-corrected chi connectivity index (χ2v) is 7.17. The molecule has 2 amide bonds. The minimum Gasteiger partial charge on any atom is -0.343 e. The lowest BCUT2D eigenvalue weighted by Crippen LogP contribution is -2.45. The standard InChI is InChI=1S/C20H27FN2O2/c21-18-7-4-16(5-8-18)6-9-19(24)22-14-10-17(11-15-22)20(25)23-12-2-1-3-13-23/h4-5,7-8,17H,1-3,6,9-15H2. The fraction of sp³-hybridized carbons (Fsp3) is 0.600. The number of nitrogens with zero attached hydrogens (tertiary/aromatic N) is 2. The highest BCUT2D eigenvalue weighted by atomic mass is 19.1. The minimum atomic E-state index is -0.254. The van der Waals surface area contributed by atoms with Crippen LogP contribution >= 0.6 is 0 Å². The Bertz CT molecular complexity index is 588. The summed E-state index contributed by atoms with van der Waals surface area (Å²) < 4.78 is 12.9. The van der Waals surface area contributed by atoms with Gasteiger partial charge in [-0.1, -0.05) is 12.1 Å². The Kier molecular flexibility index (Phi) is 6.05. The quantitative estimate of drug-likeness (QED) is 0.841. The van der Waals surface area contributed by atoms with Gasteiger partial charge in [-0.15, -0.1) is 0 Å². The van der Waals surface area contributed by atoms with Crippen LogP contribution in [0.5, 0.6) is 0 Å². The van der Waals surface area contributed by atoms with Gasteiger partial charge < -0.3 is 9.80 Å². The summed E-state index contributed by atoms with van der Waals surface area (Å²) in [4.78, 5) is 28.8. The van der Waals surface area contributed by atoms with Gasteiger partial charge >= 0.3 is 0 Å². The number of benzene rings is 1. The summed E-state index contributed by atoms with van der Waals surface area (Å²) in [6.07, 6.45) is 6.08. The fourth-order valence-electron chi connectivity index (χ4n) is 3.81. The average Bonchev–Trinajstić information content (AvgIpc) is 2.67. The van der Waals surface area contributed by atoms with Crippen molar-refractivity contribution in [1.29, 1.82) is 0 Å². The van der Waals surface area contributed by atoms with Crippen LogP contribution in [0.25, 0.3) is 0 Å². The number of likely N-dealkylation sites (tertiary alicyclic amines) is 2. The monoisotopic (exact) mass is 346 g/mol. The third-order valence-electron chi connectivity index (χ3n) is 5.41. The summed E-state index contributed by atoms with van der Waals surface area (Å²) in [6.45, 7) is 3.14. The van der Waals surface area contributed by atoms with E-state index >= 15 is 0 Å². The van der Waals surface area contributed by atoms with Crippen molar-refractivity contribution >= 4 is 11.8 Å². The van der Waals surface area contributed by atoms with E-state index < -0.39 is 0 Å². The lowest BCUT2D eigenvalue weighted by molar-refractivity contribution is -0.141. The van der Waals surface area contributed by atoms with E-state index in [-0.39, 0.29) is 23.5 Å². The van der Waals surface area contributed by atoms with Crippen molar-refractivity contribution in [3.63, 3.8) is 0 Å². The van der Waals surface area contributed by atoms with Crippen LogP contribution in [-0.2, 0) is 16.0 Å². The van der Waals surface area contributed by atoms with Gasteiger partial charge in [0.1, 0.15) is 5.82 Å². The summed E-state index contributed by atoms with van der Waals surface area (Å²) in [7, 11) is 0. The van der Waals surface area contributed by atoms with Gasteiger partial charge in [-0.05, 0) is 56.2 Å². The van der Waals surface area contributed by atoms with Crippen LogP contribution in [0.4, 0.5) is 4.39 Å². The highest BCUT2D eigenvalue weighted by Crippen LogP contribution is 2.22. The smallest absolute Gasteiger partial charge is 0.225 e. The molecule has 2 fully saturated rings. The van der Waals surface area contributed by atoms with Crippen molar-refractivity contribution < 1.29 is 14.0 Å². The number of hydrogen-bond acceptors (Lipinski definition) is 2. The van der Waals surface area contributed by atoms with Crippen molar-refractivity contribution in [2.45, 2.75) is 44.9 Å². The number of carbonyl (C=O) groups excluding carboxylic acids is 2. The first kappa shape index (κ1) is 17.9. The summed E-state index contributed by atoms with van der Waals surface area (Å²) in [5.74, 6) is 0.251. The zero-order valence-corrected chi connectivity index (χ0v) is 14.8. The predicted octanol–water partition coefficient (Wildman–Crippen LogP) is 3.01. The Hall–Kier alpha value is -1.91. The van der Waals surface area contributed by atoms with Crippen molar-refractivity contribution in [2.75, 3.05) is 26.2 Å². The van der Waals surface area contributed by atoms with Crippen LogP contribution in [0, 0.1) is 11.7 Å². The highest BCUT2D eigenvalue weighted by Gasteiger charge is 2.30. The Balaban J connectivity index is 1.42. The van der Waals surface area contributed by atoms with Crippen LogP contribution in [-0.4, -0.2) is 47.8 Å². The van der Waals surface area contributed by atoms with Gasteiger partial charge in [0.25, 0.3) is 0 Å². The van der Waals surface area contributed by atoms with Gasteiger partial charge in [0.15, 0.2) is 0 Å². The molecule has 0 spiro atoms. The van der Waals surface area contributed by atoms with E-state index in [2.05, 4.69) is 0 Å². The van der Waals surface area contributed by atoms with Crippen LogP contribution in [0.1, 0.15) is 44.1 Å². The molecule has 1 aromatic carbocycles. The van der Waals surface area contributed by atoms with Gasteiger partial charge in [-0.25, -0.2) is 4.39 Å². The van der Waals surface area contributed by atoms with E-state index in [0.29, 0.717) is 25.9 Å². The second-order valence-electron chi connectivity index (χ2n) is 7.17. The summed E-state index contributed by atoms with van der Waals surface area (Å²) in [5, 5.41) is 0. The minimum absolute atomic E-state index is 0.0826. The summed E-state index contributed by atoms with van der Waals surface area (Å²) >= 11 is 0. The molecule has 0 atom stereocenters. The van der Waals surface area contributed by atoms with E-state index in [1.165, 1.54) is 18.6 Å². The Morgan fingerprint density at radius 2 is 1.56 bits per heavy atom. The predicted molar refractivity (Wildman–Crippen MR) is 94.5 cm³/mol. The van der Waals surface area contributed by atoms with Crippen LogP contribution in [0.2, 0.25) is 0 Å². The Morgan fingerprint density at radius 3 is 2.20 bits per heavy atom. The van der Waals surface area contributed by atoms with Crippen molar-refractivity contribution in [1.82, 2.24) is 9.80 Å². The zero-order chi connectivity index (χ0) is 17.6. The number of piperidine rings is 2. The van der Waals surface area contributed by atoms with Crippen LogP contribution < -0.4 is 0 Å². The average molecular weight is 346 g/mol. The maximum Gasteiger partial charge on any atom is 0.225 e. The number of halogens is 1. The number of carbonyl (C=O) groups is 2. The third kappa shape index (κ3) is 4.80. The SMILES string of the molecule is O=C(CCc1ccc(F)cc1)N1CCC(C(=O)N2CCCCC2)CC1. The first-order valence-electron chi connectivity index (χ1n) is 9.44. The molecule has 0 aromatic heterocycles. The Labute approximate surface area is 149 Å². The van der Waals surface area contributed by atoms with Crippen LogP contribution in [0.3, 0.4) is 0 Å². The van der Waals surface area contributed by atoms with E-state index in [0.717, 1.165) is 44.3 Å². The molecule has 0 bridgehead atoms. The van der Waals surface area contributed by atoms with E-state index in [1.54, 1.807) is 12.1 Å². The topological polar surface area (TPSA) is 40.6 Å². The molecule has 0 aliphatic carbocycles. The molecule has 2 aliphatic heterocycles. The largest absolute Gasteiger partial charge is 0.343 e. The molecule has 1 aromatic rings. The van der Waals surface area contributed by atoms with Gasteiger partial charge in [-0.2, -0.15) is 0 Å². The van der Waals surface area contributed by atoms with Gasteiger partial charge in [0, 0.05) is 38.5 Å². The fourth-order valence-corrected chi connectivity index (χ4v) is 3.81. The molecule has 4 nitrogen and oxygen atoms in total. The highest BCUT2D eigenvalue weighted by molar-refractivity contribution is 5.80. The number of rotatable bonds is 4. The van der Waals surface area contributed by atoms with E-state index in [9.17, 15) is 14.0 Å². The third-order valence-corrected chi connectivity index (χ3v) is 5.41. The number of aryl methyl sites for hydroxylation is 1. The van der Waals surface area contributed by atoms with E-state index in [1.807, 2.05) is 9.80 Å². The molecule has 5 heteroatoms. The molecular weight excluding hydrogens is 319 g/mol. The molecule has 3 rings (SSSR count). The van der Waals surface area contributed by atoms with Crippen LogP contribution in [0.15, 0.2) is 24.3 Å². The number of amides is 2. The summed E-state index contributed by atoms with van der Waals surface area (Å²) in [5.41, 5.74) is 0.977. The molecule has 0 saturated carbocycles. The first-order chi connectivity index (χ1) is 12.1. The second kappa shape index (κ2) is 8.45. The molecule has 2 saturated heterocycles. The molecule has 136 valence electrons. The van der Waals surface area contributed by atoms with Crippen molar-refractivity contribution in [3.05, 3.63) is 35.6 Å². The zero-order valence-electron chi connectivity index (χ0n) is 14.8. The Morgan fingerprint density at radius 1 is 0.920 bits per heavy atom. The normalized spacial score (nSPS) is 19.1. The molecule has 25 heavy (non-hydrogen) atoms.